The van der Waals surface area contributed by atoms with Gasteiger partial charge in [-0.25, -0.2) is 4.98 Å². The maximum atomic E-state index is 12.7. The first-order valence-corrected chi connectivity index (χ1v) is 8.81. The lowest BCUT2D eigenvalue weighted by Crippen LogP contribution is -2.34. The number of likely N-dealkylation sites (N-methyl/N-ethyl adjacent to an activating group) is 1. The van der Waals surface area contributed by atoms with E-state index in [4.69, 9.17) is 0 Å². The summed E-state index contributed by atoms with van der Waals surface area (Å²) < 4.78 is 1.72. The number of hydrogen-bond donors (Lipinski definition) is 0. The van der Waals surface area contributed by atoms with E-state index in [0.29, 0.717) is 13.0 Å². The van der Waals surface area contributed by atoms with Crippen LogP contribution in [0.4, 0.5) is 0 Å². The number of hydrogen-bond acceptors (Lipinski definition) is 4. The molecule has 124 valence electrons. The Morgan fingerprint density at radius 2 is 2.08 bits per heavy atom. The quantitative estimate of drug-likeness (QED) is 0.689. The molecule has 0 aliphatic rings. The fourth-order valence-corrected chi connectivity index (χ4v) is 3.43. The molecule has 0 N–H and O–H groups in total. The first-order chi connectivity index (χ1) is 11.7. The van der Waals surface area contributed by atoms with Crippen LogP contribution in [0.2, 0.25) is 0 Å². The van der Waals surface area contributed by atoms with Crippen molar-refractivity contribution in [1.29, 1.82) is 0 Å². The van der Waals surface area contributed by atoms with Crippen molar-refractivity contribution in [2.45, 2.75) is 25.9 Å². The Morgan fingerprint density at radius 1 is 1.29 bits per heavy atom. The van der Waals surface area contributed by atoms with E-state index >= 15 is 0 Å². The Morgan fingerprint density at radius 3 is 2.75 bits per heavy atom. The fourth-order valence-electron chi connectivity index (χ4n) is 2.61. The third kappa shape index (κ3) is 3.54. The van der Waals surface area contributed by atoms with E-state index in [1.165, 1.54) is 0 Å². The predicted molar refractivity (Wildman–Crippen MR) is 95.6 cm³/mol. The monoisotopic (exact) mass is 340 g/mol. The Labute approximate surface area is 145 Å². The van der Waals surface area contributed by atoms with Gasteiger partial charge in [0.05, 0.1) is 12.2 Å². The molecule has 0 bridgehead atoms. The largest absolute Gasteiger partial charge is 0.338 e. The topological polar surface area (TPSA) is 51.0 Å². The summed E-state index contributed by atoms with van der Waals surface area (Å²) in [5.41, 5.74) is 2.01. The molecule has 2 aromatic heterocycles. The lowest BCUT2D eigenvalue weighted by atomic mass is 10.2. The molecule has 0 aliphatic carbocycles. The third-order valence-corrected chi connectivity index (χ3v) is 4.80. The lowest BCUT2D eigenvalue weighted by molar-refractivity contribution is -0.134. The van der Waals surface area contributed by atoms with E-state index < -0.39 is 0 Å². The van der Waals surface area contributed by atoms with Crippen LogP contribution in [0, 0.1) is 0 Å². The van der Waals surface area contributed by atoms with Gasteiger partial charge in [-0.15, -0.1) is 11.3 Å². The van der Waals surface area contributed by atoms with Gasteiger partial charge < -0.3 is 4.90 Å². The lowest BCUT2D eigenvalue weighted by Gasteiger charge is -2.22. The highest BCUT2D eigenvalue weighted by Crippen LogP contribution is 2.24. The van der Waals surface area contributed by atoms with Crippen LogP contribution in [0.3, 0.4) is 0 Å². The van der Waals surface area contributed by atoms with Crippen molar-refractivity contribution in [1.82, 2.24) is 19.7 Å². The maximum absolute atomic E-state index is 12.7. The molecule has 0 radical (unpaired) electrons. The highest BCUT2D eigenvalue weighted by molar-refractivity contribution is 7.13. The second-order valence-electron chi connectivity index (χ2n) is 5.61. The van der Waals surface area contributed by atoms with Crippen LogP contribution in [-0.4, -0.2) is 32.6 Å². The van der Waals surface area contributed by atoms with Crippen LogP contribution in [0.1, 0.15) is 25.1 Å². The molecule has 2 heterocycles. The van der Waals surface area contributed by atoms with Crippen LogP contribution in [0.15, 0.2) is 54.2 Å². The number of benzene rings is 1. The normalized spacial score (nSPS) is 12.1. The minimum absolute atomic E-state index is 0.0514. The molecule has 5 nitrogen and oxygen atoms in total. The Balaban J connectivity index is 1.69. The molecule has 0 spiro atoms. The van der Waals surface area contributed by atoms with E-state index in [2.05, 4.69) is 10.1 Å². The Bertz CT molecular complexity index is 782. The standard InChI is InChI=1S/C18H20N4OS/c1-3-16(22-11-7-10-19-22)18(23)21(2)12-15-13-24-17(20-15)14-8-5-4-6-9-14/h4-11,13,16H,3,12H2,1-2H3. The van der Waals surface area contributed by atoms with Crippen molar-refractivity contribution in [3.05, 3.63) is 59.9 Å². The number of thiazole rings is 1. The summed E-state index contributed by atoms with van der Waals surface area (Å²) in [7, 11) is 1.82. The molecule has 24 heavy (non-hydrogen) atoms. The Hall–Kier alpha value is -2.47. The van der Waals surface area contributed by atoms with E-state index in [0.717, 1.165) is 16.3 Å². The van der Waals surface area contributed by atoms with Crippen molar-refractivity contribution in [2.24, 2.45) is 0 Å². The summed E-state index contributed by atoms with van der Waals surface area (Å²) in [6.07, 6.45) is 4.23. The zero-order valence-corrected chi connectivity index (χ0v) is 14.6. The van der Waals surface area contributed by atoms with E-state index in [1.54, 1.807) is 27.1 Å². The number of aromatic nitrogens is 3. The van der Waals surface area contributed by atoms with Gasteiger partial charge in [0.25, 0.3) is 0 Å². The highest BCUT2D eigenvalue weighted by Gasteiger charge is 2.23. The van der Waals surface area contributed by atoms with E-state index in [9.17, 15) is 4.79 Å². The molecular formula is C18H20N4OS. The van der Waals surface area contributed by atoms with Crippen LogP contribution in [0.25, 0.3) is 10.6 Å². The number of nitrogens with zero attached hydrogens (tertiary/aromatic N) is 4. The average Bonchev–Trinajstić information content (AvgIpc) is 3.28. The van der Waals surface area contributed by atoms with Gasteiger partial charge >= 0.3 is 0 Å². The Kier molecular flexibility index (Phi) is 5.05. The van der Waals surface area contributed by atoms with E-state index in [1.807, 2.05) is 61.9 Å². The number of amides is 1. The number of carbonyl (C=O) groups is 1. The average molecular weight is 340 g/mol. The second-order valence-corrected chi connectivity index (χ2v) is 6.47. The van der Waals surface area contributed by atoms with Crippen LogP contribution < -0.4 is 0 Å². The molecule has 0 saturated carbocycles. The van der Waals surface area contributed by atoms with Crippen LogP contribution in [0.5, 0.6) is 0 Å². The third-order valence-electron chi connectivity index (χ3n) is 3.86. The van der Waals surface area contributed by atoms with Gasteiger partial charge in [0.2, 0.25) is 5.91 Å². The molecule has 0 fully saturated rings. The fraction of sp³-hybridized carbons (Fsp3) is 0.278. The van der Waals surface area contributed by atoms with Gasteiger partial charge in [-0.05, 0) is 12.5 Å². The summed E-state index contributed by atoms with van der Waals surface area (Å²) >= 11 is 1.60. The van der Waals surface area contributed by atoms with Crippen molar-refractivity contribution < 1.29 is 4.79 Å². The summed E-state index contributed by atoms with van der Waals surface area (Å²) in [4.78, 5) is 19.1. The minimum Gasteiger partial charge on any atom is -0.338 e. The number of rotatable bonds is 6. The molecule has 1 atom stereocenters. The first-order valence-electron chi connectivity index (χ1n) is 7.93. The molecule has 3 aromatic rings. The van der Waals surface area contributed by atoms with Gasteiger partial charge in [0, 0.05) is 30.4 Å². The molecule has 1 amide bonds. The molecular weight excluding hydrogens is 320 g/mol. The van der Waals surface area contributed by atoms with Gasteiger partial charge in [-0.2, -0.15) is 5.10 Å². The second kappa shape index (κ2) is 7.40. The van der Waals surface area contributed by atoms with Gasteiger partial charge in [-0.1, -0.05) is 37.3 Å². The smallest absolute Gasteiger partial charge is 0.247 e. The zero-order chi connectivity index (χ0) is 16.9. The SMILES string of the molecule is CCC(C(=O)N(C)Cc1csc(-c2ccccc2)n1)n1cccn1. The van der Waals surface area contributed by atoms with Crippen molar-refractivity contribution in [3.63, 3.8) is 0 Å². The van der Waals surface area contributed by atoms with Crippen molar-refractivity contribution in [2.75, 3.05) is 7.05 Å². The summed E-state index contributed by atoms with van der Waals surface area (Å²) in [6.45, 7) is 2.49. The molecule has 0 saturated heterocycles. The summed E-state index contributed by atoms with van der Waals surface area (Å²) in [6, 6.07) is 11.7. The zero-order valence-electron chi connectivity index (χ0n) is 13.8. The molecule has 0 aliphatic heterocycles. The first kappa shape index (κ1) is 16.4. The van der Waals surface area contributed by atoms with Crippen LogP contribution in [-0.2, 0) is 11.3 Å². The van der Waals surface area contributed by atoms with Crippen LogP contribution >= 0.6 is 11.3 Å². The highest BCUT2D eigenvalue weighted by atomic mass is 32.1. The van der Waals surface area contributed by atoms with Gasteiger partial charge in [0.1, 0.15) is 11.0 Å². The van der Waals surface area contributed by atoms with Gasteiger partial charge in [-0.3, -0.25) is 9.48 Å². The van der Waals surface area contributed by atoms with Gasteiger partial charge in [0.15, 0.2) is 0 Å². The van der Waals surface area contributed by atoms with Crippen molar-refractivity contribution >= 4 is 17.2 Å². The van der Waals surface area contributed by atoms with E-state index in [-0.39, 0.29) is 11.9 Å². The summed E-state index contributed by atoms with van der Waals surface area (Å²) in [5, 5.41) is 7.19. The maximum Gasteiger partial charge on any atom is 0.247 e. The summed E-state index contributed by atoms with van der Waals surface area (Å²) in [5.74, 6) is 0.0514. The molecule has 1 aromatic carbocycles. The minimum atomic E-state index is -0.266. The molecule has 3 rings (SSSR count). The molecule has 1 unspecified atom stereocenters. The predicted octanol–water partition coefficient (Wildman–Crippen LogP) is 3.62. The molecule has 6 heteroatoms. The van der Waals surface area contributed by atoms with Crippen molar-refractivity contribution in [3.8, 4) is 10.6 Å². The number of carbonyl (C=O) groups excluding carboxylic acids is 1.